The van der Waals surface area contributed by atoms with E-state index in [-0.39, 0.29) is 12.5 Å². The summed E-state index contributed by atoms with van der Waals surface area (Å²) in [4.78, 5) is 18.8. The van der Waals surface area contributed by atoms with Crippen LogP contribution in [0.15, 0.2) is 27.8 Å². The van der Waals surface area contributed by atoms with Gasteiger partial charge in [-0.3, -0.25) is 4.79 Å². The Kier molecular flexibility index (Phi) is 7.78. The number of hydrogen-bond donors (Lipinski definition) is 3. The van der Waals surface area contributed by atoms with Crippen LogP contribution in [0.25, 0.3) is 0 Å². The maximum atomic E-state index is 11.9. The summed E-state index contributed by atoms with van der Waals surface area (Å²) in [6, 6.07) is 4.63. The molecule has 7 nitrogen and oxygen atoms in total. The first-order chi connectivity index (χ1) is 12.1. The first-order valence-electron chi connectivity index (χ1n) is 9.16. The van der Waals surface area contributed by atoms with Gasteiger partial charge in [-0.2, -0.15) is 0 Å². The van der Waals surface area contributed by atoms with E-state index in [9.17, 15) is 4.79 Å². The number of rotatable bonds is 7. The summed E-state index contributed by atoms with van der Waals surface area (Å²) < 4.78 is 5.19. The highest BCUT2D eigenvalue weighted by Crippen LogP contribution is 2.12. The van der Waals surface area contributed by atoms with Gasteiger partial charge in [0.2, 0.25) is 5.91 Å². The summed E-state index contributed by atoms with van der Waals surface area (Å²) >= 11 is 0. The van der Waals surface area contributed by atoms with Gasteiger partial charge in [0.25, 0.3) is 0 Å². The third kappa shape index (κ3) is 6.78. The molecule has 0 aliphatic carbocycles. The van der Waals surface area contributed by atoms with E-state index in [2.05, 4.69) is 39.7 Å². The molecule has 0 saturated carbocycles. The zero-order valence-corrected chi connectivity index (χ0v) is 15.5. The van der Waals surface area contributed by atoms with Crippen LogP contribution in [0.2, 0.25) is 0 Å². The van der Waals surface area contributed by atoms with Gasteiger partial charge >= 0.3 is 0 Å². The molecule has 1 aromatic heterocycles. The number of carbonyl (C=O) groups is 1. The SMILES string of the molecule is CCNC(=NCC(=O)NCc1ccco1)NC1CCN(C(C)C)CC1. The van der Waals surface area contributed by atoms with E-state index in [0.717, 1.165) is 38.2 Å². The highest BCUT2D eigenvalue weighted by Gasteiger charge is 2.21. The molecule has 1 saturated heterocycles. The molecule has 140 valence electrons. The van der Waals surface area contributed by atoms with Gasteiger partial charge in [-0.15, -0.1) is 0 Å². The predicted molar refractivity (Wildman–Crippen MR) is 99.4 cm³/mol. The molecule has 0 aromatic carbocycles. The van der Waals surface area contributed by atoms with Crippen molar-refractivity contribution in [2.75, 3.05) is 26.2 Å². The standard InChI is InChI=1S/C18H31N5O2/c1-4-19-18(22-15-7-9-23(10-8-15)14(2)3)21-13-17(24)20-12-16-6-5-11-25-16/h5-6,11,14-15H,4,7-10,12-13H2,1-3H3,(H,20,24)(H2,19,21,22). The lowest BCUT2D eigenvalue weighted by Crippen LogP contribution is -2.50. The molecule has 0 atom stereocenters. The minimum absolute atomic E-state index is 0.0981. The van der Waals surface area contributed by atoms with Crippen molar-refractivity contribution in [3.05, 3.63) is 24.2 Å². The second-order valence-corrected chi connectivity index (χ2v) is 6.60. The van der Waals surface area contributed by atoms with Crippen molar-refractivity contribution < 1.29 is 9.21 Å². The second-order valence-electron chi connectivity index (χ2n) is 6.60. The number of guanidine groups is 1. The summed E-state index contributed by atoms with van der Waals surface area (Å²) in [6.07, 6.45) is 3.78. The van der Waals surface area contributed by atoms with Gasteiger partial charge in [-0.1, -0.05) is 0 Å². The Balaban J connectivity index is 1.76. The van der Waals surface area contributed by atoms with E-state index in [4.69, 9.17) is 4.42 Å². The molecule has 7 heteroatoms. The number of aliphatic imine (C=N–C) groups is 1. The van der Waals surface area contributed by atoms with Crippen LogP contribution in [0.5, 0.6) is 0 Å². The predicted octanol–water partition coefficient (Wildman–Crippen LogP) is 1.32. The molecule has 1 fully saturated rings. The van der Waals surface area contributed by atoms with Crippen LogP contribution in [0.4, 0.5) is 0 Å². The summed E-state index contributed by atoms with van der Waals surface area (Å²) in [5.41, 5.74) is 0. The number of amides is 1. The quantitative estimate of drug-likeness (QED) is 0.511. The topological polar surface area (TPSA) is 81.9 Å². The fraction of sp³-hybridized carbons (Fsp3) is 0.667. The summed E-state index contributed by atoms with van der Waals surface area (Å²) in [6.45, 7) is 9.94. The number of nitrogens with zero attached hydrogens (tertiary/aromatic N) is 2. The van der Waals surface area contributed by atoms with E-state index >= 15 is 0 Å². The number of piperidine rings is 1. The molecule has 0 bridgehead atoms. The average molecular weight is 349 g/mol. The Morgan fingerprint density at radius 3 is 2.72 bits per heavy atom. The Morgan fingerprint density at radius 1 is 1.36 bits per heavy atom. The first kappa shape index (κ1) is 19.3. The molecule has 3 N–H and O–H groups in total. The molecule has 0 radical (unpaired) electrons. The Morgan fingerprint density at radius 2 is 2.12 bits per heavy atom. The minimum Gasteiger partial charge on any atom is -0.467 e. The largest absolute Gasteiger partial charge is 0.467 e. The van der Waals surface area contributed by atoms with Gasteiger partial charge in [-0.25, -0.2) is 4.99 Å². The molecule has 0 unspecified atom stereocenters. The van der Waals surface area contributed by atoms with Crippen LogP contribution in [0, 0.1) is 0 Å². The Bertz CT molecular complexity index is 534. The van der Waals surface area contributed by atoms with Crippen molar-refractivity contribution in [1.29, 1.82) is 0 Å². The van der Waals surface area contributed by atoms with E-state index in [0.29, 0.717) is 24.6 Å². The fourth-order valence-electron chi connectivity index (χ4n) is 2.88. The van der Waals surface area contributed by atoms with Gasteiger partial charge < -0.3 is 25.3 Å². The van der Waals surface area contributed by atoms with E-state index < -0.39 is 0 Å². The molecular formula is C18H31N5O2. The third-order valence-electron chi connectivity index (χ3n) is 4.37. The number of carbonyl (C=O) groups excluding carboxylic acids is 1. The highest BCUT2D eigenvalue weighted by molar-refractivity contribution is 5.85. The molecule has 2 rings (SSSR count). The average Bonchev–Trinajstić information content (AvgIpc) is 3.12. The number of hydrogen-bond acceptors (Lipinski definition) is 4. The Labute approximate surface area is 150 Å². The van der Waals surface area contributed by atoms with Gasteiger partial charge in [0.1, 0.15) is 12.3 Å². The summed E-state index contributed by atoms with van der Waals surface area (Å²) in [5.74, 6) is 1.32. The van der Waals surface area contributed by atoms with Gasteiger partial charge in [0.05, 0.1) is 12.8 Å². The Hall–Kier alpha value is -2.02. The van der Waals surface area contributed by atoms with Crippen molar-refractivity contribution in [2.24, 2.45) is 4.99 Å². The summed E-state index contributed by atoms with van der Waals surface area (Å²) in [5, 5.41) is 9.47. The molecule has 0 spiro atoms. The molecule has 25 heavy (non-hydrogen) atoms. The van der Waals surface area contributed by atoms with Crippen molar-refractivity contribution in [1.82, 2.24) is 20.9 Å². The summed E-state index contributed by atoms with van der Waals surface area (Å²) in [7, 11) is 0. The molecule has 1 aliphatic rings. The van der Waals surface area contributed by atoms with Gasteiger partial charge in [-0.05, 0) is 45.7 Å². The maximum absolute atomic E-state index is 11.9. The van der Waals surface area contributed by atoms with Crippen molar-refractivity contribution in [2.45, 2.75) is 52.2 Å². The zero-order valence-electron chi connectivity index (χ0n) is 15.5. The number of nitrogens with one attached hydrogen (secondary N) is 3. The number of likely N-dealkylation sites (tertiary alicyclic amines) is 1. The molecule has 1 aliphatic heterocycles. The van der Waals surface area contributed by atoms with E-state index in [1.165, 1.54) is 0 Å². The fourth-order valence-corrected chi connectivity index (χ4v) is 2.88. The lowest BCUT2D eigenvalue weighted by atomic mass is 10.0. The normalized spacial score (nSPS) is 16.9. The van der Waals surface area contributed by atoms with Crippen LogP contribution in [-0.2, 0) is 11.3 Å². The second kappa shape index (κ2) is 10.1. The lowest BCUT2D eigenvalue weighted by molar-refractivity contribution is -0.119. The van der Waals surface area contributed by atoms with Crippen molar-refractivity contribution in [3.8, 4) is 0 Å². The molecule has 2 heterocycles. The van der Waals surface area contributed by atoms with Crippen LogP contribution >= 0.6 is 0 Å². The van der Waals surface area contributed by atoms with E-state index in [1.54, 1.807) is 12.3 Å². The van der Waals surface area contributed by atoms with Gasteiger partial charge in [0.15, 0.2) is 5.96 Å². The zero-order chi connectivity index (χ0) is 18.1. The van der Waals surface area contributed by atoms with Crippen molar-refractivity contribution in [3.63, 3.8) is 0 Å². The maximum Gasteiger partial charge on any atom is 0.242 e. The molecule has 1 amide bonds. The smallest absolute Gasteiger partial charge is 0.242 e. The van der Waals surface area contributed by atoms with Crippen LogP contribution in [0.3, 0.4) is 0 Å². The van der Waals surface area contributed by atoms with Crippen LogP contribution < -0.4 is 16.0 Å². The van der Waals surface area contributed by atoms with E-state index in [1.807, 2.05) is 13.0 Å². The minimum atomic E-state index is -0.122. The highest BCUT2D eigenvalue weighted by atomic mass is 16.3. The van der Waals surface area contributed by atoms with Crippen LogP contribution in [-0.4, -0.2) is 55.0 Å². The molecule has 1 aromatic rings. The van der Waals surface area contributed by atoms with Crippen molar-refractivity contribution >= 4 is 11.9 Å². The van der Waals surface area contributed by atoms with Gasteiger partial charge in [0, 0.05) is 31.7 Å². The third-order valence-corrected chi connectivity index (χ3v) is 4.37. The monoisotopic (exact) mass is 349 g/mol. The van der Waals surface area contributed by atoms with Crippen LogP contribution in [0.1, 0.15) is 39.4 Å². The molecular weight excluding hydrogens is 318 g/mol. The number of furan rings is 1. The first-order valence-corrected chi connectivity index (χ1v) is 9.16. The lowest BCUT2D eigenvalue weighted by Gasteiger charge is -2.35.